The molecular weight excluding hydrogens is 447 g/mol. The summed E-state index contributed by atoms with van der Waals surface area (Å²) in [5.41, 5.74) is 0. The molecule has 0 N–H and O–H groups in total. The third-order valence-electron chi connectivity index (χ3n) is 3.60. The smallest absolute Gasteiger partial charge is 0.371 e. The monoisotopic (exact) mass is 459 g/mol. The summed E-state index contributed by atoms with van der Waals surface area (Å²) >= 11 is 0. The van der Waals surface area contributed by atoms with Crippen molar-refractivity contribution in [2.75, 3.05) is 13.2 Å². The average Bonchev–Trinajstić information content (AvgIpc) is 2.95. The fourth-order valence-corrected chi connectivity index (χ4v) is 1.90. The van der Waals surface area contributed by atoms with Gasteiger partial charge in [0.25, 0.3) is 0 Å². The van der Waals surface area contributed by atoms with Crippen LogP contribution in [0.4, 0.5) is 57.1 Å². The van der Waals surface area contributed by atoms with Gasteiger partial charge in [-0.15, -0.1) is 0 Å². The first kappa shape index (κ1) is 25.3. The normalized spacial score (nSPS) is 15.1. The Balaban J connectivity index is 2.99. The number of nitrogens with zero attached hydrogens (tertiary/aromatic N) is 2. The molecule has 0 atom stereocenters. The molecule has 170 valence electrons. The predicted octanol–water partition coefficient (Wildman–Crippen LogP) is 4.07. The molecule has 0 spiro atoms. The van der Waals surface area contributed by atoms with Gasteiger partial charge in [-0.05, 0) is 0 Å². The minimum absolute atomic E-state index is 0.290. The lowest BCUT2D eigenvalue weighted by Gasteiger charge is -2.39. The predicted molar refractivity (Wildman–Crippen MR) is 67.2 cm³/mol. The number of rotatable bonds is 9. The molecule has 16 heteroatoms. The fraction of sp³-hybridized carbons (Fsp3) is 0.769. The second-order valence-corrected chi connectivity index (χ2v) is 5.87. The summed E-state index contributed by atoms with van der Waals surface area (Å²) < 4.78 is 174. The van der Waals surface area contributed by atoms with Crippen LogP contribution in [0.5, 0.6) is 0 Å². The lowest BCUT2D eigenvalue weighted by molar-refractivity contribution is -0.671. The van der Waals surface area contributed by atoms with Crippen LogP contribution < -0.4 is 4.57 Å². The lowest BCUT2D eigenvalue weighted by atomic mass is 9.94. The Morgan fingerprint density at radius 3 is 1.66 bits per heavy atom. The second kappa shape index (κ2) is 7.50. The molecule has 0 radical (unpaired) electrons. The van der Waals surface area contributed by atoms with Crippen LogP contribution in [0.3, 0.4) is 0 Å². The van der Waals surface area contributed by atoms with Crippen molar-refractivity contribution in [1.82, 2.24) is 4.57 Å². The fourth-order valence-electron chi connectivity index (χ4n) is 1.90. The number of aromatic nitrogens is 2. The van der Waals surface area contributed by atoms with Gasteiger partial charge in [-0.3, -0.25) is 0 Å². The van der Waals surface area contributed by atoms with Gasteiger partial charge in [0.15, 0.2) is 0 Å². The number of alkyl halides is 13. The molecule has 0 amide bonds. The van der Waals surface area contributed by atoms with Crippen LogP contribution in [0.15, 0.2) is 18.7 Å². The van der Waals surface area contributed by atoms with Crippen LogP contribution in [-0.2, 0) is 18.3 Å². The van der Waals surface area contributed by atoms with Gasteiger partial charge in [0.2, 0.25) is 6.33 Å². The maximum absolute atomic E-state index is 13.4. The van der Waals surface area contributed by atoms with E-state index in [4.69, 9.17) is 0 Å². The first-order valence-electron chi connectivity index (χ1n) is 7.27. The van der Waals surface area contributed by atoms with Gasteiger partial charge >= 0.3 is 35.8 Å². The Morgan fingerprint density at radius 1 is 0.759 bits per heavy atom. The van der Waals surface area contributed by atoms with E-state index in [0.717, 1.165) is 0 Å². The largest absolute Gasteiger partial charge is 0.460 e. The van der Waals surface area contributed by atoms with E-state index in [9.17, 15) is 57.1 Å². The first-order chi connectivity index (χ1) is 12.7. The van der Waals surface area contributed by atoms with E-state index >= 15 is 0 Å². The standard InChI is InChI=1S/C13H12F13N2O/c1-27-2-3-28(7-27)4-5-29-6-8(14,15)9(16,17)10(18,19)11(20,21)12(22,23)13(24,25)26/h2-3,7H,4-6H2,1H3/q+1. The van der Waals surface area contributed by atoms with Crippen molar-refractivity contribution in [2.24, 2.45) is 7.05 Å². The van der Waals surface area contributed by atoms with Crippen molar-refractivity contribution < 1.29 is 66.4 Å². The summed E-state index contributed by atoms with van der Waals surface area (Å²) in [6.07, 6.45) is -3.27. The molecule has 0 saturated heterocycles. The van der Waals surface area contributed by atoms with E-state index in [1.807, 2.05) is 0 Å². The first-order valence-corrected chi connectivity index (χ1v) is 7.27. The summed E-state index contributed by atoms with van der Waals surface area (Å²) in [5, 5.41) is 0. The van der Waals surface area contributed by atoms with Gasteiger partial charge in [0.05, 0.1) is 13.7 Å². The molecule has 0 bridgehead atoms. The van der Waals surface area contributed by atoms with Crippen LogP contribution in [0.2, 0.25) is 0 Å². The Labute approximate surface area is 153 Å². The van der Waals surface area contributed by atoms with Gasteiger partial charge < -0.3 is 4.74 Å². The summed E-state index contributed by atoms with van der Waals surface area (Å²) in [4.78, 5) is 0. The Kier molecular flexibility index (Phi) is 6.54. The van der Waals surface area contributed by atoms with Crippen LogP contribution >= 0.6 is 0 Å². The number of hydrogen-bond donors (Lipinski definition) is 0. The number of aryl methyl sites for hydroxylation is 1. The van der Waals surface area contributed by atoms with Crippen molar-refractivity contribution in [2.45, 2.75) is 42.3 Å². The summed E-state index contributed by atoms with van der Waals surface area (Å²) in [7, 11) is 1.53. The highest BCUT2D eigenvalue weighted by Crippen LogP contribution is 2.60. The zero-order valence-electron chi connectivity index (χ0n) is 14.1. The number of hydrogen-bond acceptors (Lipinski definition) is 1. The highest BCUT2D eigenvalue weighted by Gasteiger charge is 2.90. The van der Waals surface area contributed by atoms with Gasteiger partial charge in [-0.2, -0.15) is 57.1 Å². The third kappa shape index (κ3) is 4.26. The van der Waals surface area contributed by atoms with Crippen LogP contribution in [0.25, 0.3) is 0 Å². The number of imidazole rings is 1. The summed E-state index contributed by atoms with van der Waals surface area (Å²) in [6.45, 7) is -3.78. The van der Waals surface area contributed by atoms with Crippen molar-refractivity contribution in [1.29, 1.82) is 0 Å². The van der Waals surface area contributed by atoms with Crippen molar-refractivity contribution in [3.63, 3.8) is 0 Å². The molecule has 0 aromatic carbocycles. The minimum atomic E-state index is -7.90. The quantitative estimate of drug-likeness (QED) is 0.310. The minimum Gasteiger partial charge on any atom is -0.371 e. The molecule has 1 aromatic heterocycles. The van der Waals surface area contributed by atoms with Gasteiger partial charge in [-0.1, -0.05) is 0 Å². The van der Waals surface area contributed by atoms with E-state index in [2.05, 4.69) is 4.74 Å². The maximum atomic E-state index is 13.4. The Hall–Kier alpha value is -1.74. The van der Waals surface area contributed by atoms with Crippen molar-refractivity contribution >= 4 is 0 Å². The van der Waals surface area contributed by atoms with Crippen LogP contribution in [-0.4, -0.2) is 53.6 Å². The molecular formula is C13H12F13N2O+. The topological polar surface area (TPSA) is 18.0 Å². The van der Waals surface area contributed by atoms with Crippen molar-refractivity contribution in [3.05, 3.63) is 18.7 Å². The Morgan fingerprint density at radius 2 is 1.24 bits per heavy atom. The van der Waals surface area contributed by atoms with E-state index in [1.54, 1.807) is 0 Å². The van der Waals surface area contributed by atoms with E-state index in [0.29, 0.717) is 0 Å². The summed E-state index contributed by atoms with van der Waals surface area (Å²) in [5.74, 6) is -37.0. The molecule has 0 aliphatic carbocycles. The average molecular weight is 459 g/mol. The zero-order chi connectivity index (χ0) is 23.1. The molecule has 0 aliphatic heterocycles. The molecule has 1 rings (SSSR count). The summed E-state index contributed by atoms with van der Waals surface area (Å²) in [6, 6.07) is 0. The van der Waals surface area contributed by atoms with E-state index in [-0.39, 0.29) is 6.54 Å². The van der Waals surface area contributed by atoms with E-state index in [1.165, 1.54) is 34.9 Å². The van der Waals surface area contributed by atoms with Crippen molar-refractivity contribution in [3.8, 4) is 0 Å². The molecule has 3 nitrogen and oxygen atoms in total. The van der Waals surface area contributed by atoms with Gasteiger partial charge in [0, 0.05) is 0 Å². The zero-order valence-corrected chi connectivity index (χ0v) is 14.1. The highest BCUT2D eigenvalue weighted by molar-refractivity contribution is 5.10. The van der Waals surface area contributed by atoms with Crippen LogP contribution in [0, 0.1) is 0 Å². The Bertz CT molecular complexity index is 695. The van der Waals surface area contributed by atoms with Gasteiger partial charge in [-0.25, -0.2) is 9.13 Å². The molecule has 1 heterocycles. The molecule has 0 fully saturated rings. The number of halogens is 13. The highest BCUT2D eigenvalue weighted by atomic mass is 19.4. The molecule has 0 saturated carbocycles. The second-order valence-electron chi connectivity index (χ2n) is 5.87. The third-order valence-corrected chi connectivity index (χ3v) is 3.60. The molecule has 0 unspecified atom stereocenters. The molecule has 0 aliphatic rings. The lowest BCUT2D eigenvalue weighted by Crippen LogP contribution is -2.70. The number of ether oxygens (including phenoxy) is 1. The van der Waals surface area contributed by atoms with Crippen LogP contribution in [0.1, 0.15) is 0 Å². The van der Waals surface area contributed by atoms with E-state index < -0.39 is 49.0 Å². The maximum Gasteiger partial charge on any atom is 0.460 e. The molecule has 1 aromatic rings. The SMILES string of the molecule is C[n+]1ccn(CCOCC(F)(F)C(F)(F)C(F)(F)C(F)(F)C(F)(F)C(F)(F)F)c1. The van der Waals surface area contributed by atoms with Gasteiger partial charge in [0.1, 0.15) is 25.5 Å². The molecule has 29 heavy (non-hydrogen) atoms.